The fourth-order valence-corrected chi connectivity index (χ4v) is 1.93. The van der Waals surface area contributed by atoms with Crippen molar-refractivity contribution in [3.05, 3.63) is 34.9 Å². The molecule has 0 aliphatic rings. The Bertz CT molecular complexity index is 325. The van der Waals surface area contributed by atoms with Gasteiger partial charge in [0.2, 0.25) is 0 Å². The first kappa shape index (κ1) is 14.5. The summed E-state index contributed by atoms with van der Waals surface area (Å²) in [5, 5.41) is 4.36. The highest BCUT2D eigenvalue weighted by atomic mass is 35.5. The normalized spacial score (nSPS) is 16.5. The Labute approximate surface area is 109 Å². The van der Waals surface area contributed by atoms with E-state index in [0.29, 0.717) is 12.1 Å². The monoisotopic (exact) mass is 255 g/mol. The van der Waals surface area contributed by atoms with Gasteiger partial charge in [0, 0.05) is 24.2 Å². The molecule has 0 aromatic heterocycles. The minimum absolute atomic E-state index is 0.205. The van der Waals surface area contributed by atoms with E-state index in [1.807, 2.05) is 12.1 Å². The zero-order valence-corrected chi connectivity index (χ0v) is 11.8. The quantitative estimate of drug-likeness (QED) is 0.835. The average molecular weight is 256 g/mol. The van der Waals surface area contributed by atoms with Crippen molar-refractivity contribution in [1.82, 2.24) is 5.32 Å². The maximum atomic E-state index is 5.90. The van der Waals surface area contributed by atoms with E-state index in [4.69, 9.17) is 16.3 Å². The van der Waals surface area contributed by atoms with Crippen LogP contribution < -0.4 is 5.32 Å². The zero-order valence-electron chi connectivity index (χ0n) is 11.0. The Kier molecular flexibility index (Phi) is 5.96. The maximum absolute atomic E-state index is 5.90. The lowest BCUT2D eigenvalue weighted by Crippen LogP contribution is -2.38. The molecule has 0 aliphatic carbocycles. The standard InChI is InChI=1S/C14H22ClNO/c1-5-14(16-10(2)11(3)17-4)12-6-8-13(15)9-7-12/h6-11,14,16H,5H2,1-4H3. The van der Waals surface area contributed by atoms with Gasteiger partial charge in [-0.15, -0.1) is 0 Å². The first-order chi connectivity index (χ1) is 8.08. The van der Waals surface area contributed by atoms with Gasteiger partial charge >= 0.3 is 0 Å². The molecule has 3 heteroatoms. The molecule has 0 aliphatic heterocycles. The molecule has 1 N–H and O–H groups in total. The van der Waals surface area contributed by atoms with Crippen molar-refractivity contribution >= 4 is 11.6 Å². The number of methoxy groups -OCH3 is 1. The molecular weight excluding hydrogens is 234 g/mol. The summed E-state index contributed by atoms with van der Waals surface area (Å²) >= 11 is 5.90. The van der Waals surface area contributed by atoms with Gasteiger partial charge in [0.1, 0.15) is 0 Å². The Balaban J connectivity index is 2.68. The van der Waals surface area contributed by atoms with Crippen LogP contribution in [0.3, 0.4) is 0 Å². The van der Waals surface area contributed by atoms with Gasteiger partial charge in [0.05, 0.1) is 6.10 Å². The maximum Gasteiger partial charge on any atom is 0.0693 e. The van der Waals surface area contributed by atoms with E-state index < -0.39 is 0 Å². The summed E-state index contributed by atoms with van der Waals surface area (Å²) in [6.07, 6.45) is 1.25. The summed E-state index contributed by atoms with van der Waals surface area (Å²) < 4.78 is 5.33. The van der Waals surface area contributed by atoms with E-state index in [9.17, 15) is 0 Å². The second kappa shape index (κ2) is 7.00. The van der Waals surface area contributed by atoms with Crippen LogP contribution >= 0.6 is 11.6 Å². The molecule has 1 rings (SSSR count). The van der Waals surface area contributed by atoms with Crippen LogP contribution in [0.1, 0.15) is 38.8 Å². The predicted molar refractivity (Wildman–Crippen MR) is 73.6 cm³/mol. The Morgan fingerprint density at radius 1 is 1.24 bits per heavy atom. The first-order valence-electron chi connectivity index (χ1n) is 6.12. The van der Waals surface area contributed by atoms with Gasteiger partial charge in [0.25, 0.3) is 0 Å². The fourth-order valence-electron chi connectivity index (χ4n) is 1.80. The molecule has 1 aromatic rings. The second-order valence-electron chi connectivity index (χ2n) is 4.41. The van der Waals surface area contributed by atoms with Crippen LogP contribution in [0.5, 0.6) is 0 Å². The lowest BCUT2D eigenvalue weighted by Gasteiger charge is -2.26. The van der Waals surface area contributed by atoms with Gasteiger partial charge in [-0.25, -0.2) is 0 Å². The molecule has 17 heavy (non-hydrogen) atoms. The van der Waals surface area contributed by atoms with E-state index in [1.165, 1.54) is 5.56 Å². The molecule has 0 amide bonds. The number of benzene rings is 1. The van der Waals surface area contributed by atoms with Gasteiger partial charge in [0.15, 0.2) is 0 Å². The summed E-state index contributed by atoms with van der Waals surface area (Å²) in [6.45, 7) is 6.40. The van der Waals surface area contributed by atoms with Crippen LogP contribution in [0.15, 0.2) is 24.3 Å². The molecule has 0 saturated carbocycles. The van der Waals surface area contributed by atoms with Crippen LogP contribution in [0, 0.1) is 0 Å². The highest BCUT2D eigenvalue weighted by Crippen LogP contribution is 2.20. The van der Waals surface area contributed by atoms with Gasteiger partial charge in [-0.1, -0.05) is 30.7 Å². The summed E-state index contributed by atoms with van der Waals surface area (Å²) in [5.74, 6) is 0. The highest BCUT2D eigenvalue weighted by molar-refractivity contribution is 6.30. The van der Waals surface area contributed by atoms with Crippen molar-refractivity contribution < 1.29 is 4.74 Å². The number of rotatable bonds is 6. The van der Waals surface area contributed by atoms with E-state index in [1.54, 1.807) is 7.11 Å². The van der Waals surface area contributed by atoms with Crippen LogP contribution in [0.4, 0.5) is 0 Å². The molecule has 0 heterocycles. The van der Waals surface area contributed by atoms with Gasteiger partial charge in [-0.05, 0) is 38.0 Å². The summed E-state index contributed by atoms with van der Waals surface area (Å²) in [7, 11) is 1.74. The Morgan fingerprint density at radius 2 is 1.82 bits per heavy atom. The van der Waals surface area contributed by atoms with E-state index >= 15 is 0 Å². The van der Waals surface area contributed by atoms with Crippen molar-refractivity contribution in [1.29, 1.82) is 0 Å². The van der Waals surface area contributed by atoms with E-state index in [-0.39, 0.29) is 6.10 Å². The van der Waals surface area contributed by atoms with Crippen LogP contribution in [-0.4, -0.2) is 19.3 Å². The number of ether oxygens (including phenoxy) is 1. The molecule has 0 bridgehead atoms. The lowest BCUT2D eigenvalue weighted by atomic mass is 10.0. The molecule has 1 aromatic carbocycles. The minimum Gasteiger partial charge on any atom is -0.380 e. The van der Waals surface area contributed by atoms with Crippen molar-refractivity contribution in [3.8, 4) is 0 Å². The number of halogens is 1. The third-order valence-electron chi connectivity index (χ3n) is 3.22. The molecular formula is C14H22ClNO. The SMILES string of the molecule is CCC(NC(C)C(C)OC)c1ccc(Cl)cc1. The molecule has 3 atom stereocenters. The van der Waals surface area contributed by atoms with Crippen LogP contribution in [0.2, 0.25) is 5.02 Å². The number of hydrogen-bond acceptors (Lipinski definition) is 2. The van der Waals surface area contributed by atoms with Gasteiger partial charge in [-0.3, -0.25) is 0 Å². The largest absolute Gasteiger partial charge is 0.380 e. The molecule has 0 spiro atoms. The van der Waals surface area contributed by atoms with E-state index in [0.717, 1.165) is 11.4 Å². The Morgan fingerprint density at radius 3 is 2.29 bits per heavy atom. The zero-order chi connectivity index (χ0) is 12.8. The van der Waals surface area contributed by atoms with Crippen molar-refractivity contribution in [3.63, 3.8) is 0 Å². The van der Waals surface area contributed by atoms with Crippen molar-refractivity contribution in [2.75, 3.05) is 7.11 Å². The molecule has 3 unspecified atom stereocenters. The Hall–Kier alpha value is -0.570. The lowest BCUT2D eigenvalue weighted by molar-refractivity contribution is 0.0841. The fraction of sp³-hybridized carbons (Fsp3) is 0.571. The topological polar surface area (TPSA) is 21.3 Å². The average Bonchev–Trinajstić information content (AvgIpc) is 2.35. The molecule has 0 radical (unpaired) electrons. The smallest absolute Gasteiger partial charge is 0.0693 e. The van der Waals surface area contributed by atoms with Crippen LogP contribution in [-0.2, 0) is 4.74 Å². The van der Waals surface area contributed by atoms with E-state index in [2.05, 4.69) is 38.2 Å². The number of hydrogen-bond donors (Lipinski definition) is 1. The van der Waals surface area contributed by atoms with Gasteiger partial charge < -0.3 is 10.1 Å². The summed E-state index contributed by atoms with van der Waals surface area (Å²) in [4.78, 5) is 0. The number of nitrogens with one attached hydrogen (secondary N) is 1. The van der Waals surface area contributed by atoms with Crippen molar-refractivity contribution in [2.45, 2.75) is 45.4 Å². The molecule has 0 fully saturated rings. The first-order valence-corrected chi connectivity index (χ1v) is 6.50. The predicted octanol–water partition coefficient (Wildman–Crippen LogP) is 3.80. The molecule has 2 nitrogen and oxygen atoms in total. The van der Waals surface area contributed by atoms with Crippen LogP contribution in [0.25, 0.3) is 0 Å². The molecule has 96 valence electrons. The van der Waals surface area contributed by atoms with Gasteiger partial charge in [-0.2, -0.15) is 0 Å². The molecule has 0 saturated heterocycles. The summed E-state index contributed by atoms with van der Waals surface area (Å²) in [5.41, 5.74) is 1.27. The minimum atomic E-state index is 0.205. The third kappa shape index (κ3) is 4.30. The third-order valence-corrected chi connectivity index (χ3v) is 3.47. The summed E-state index contributed by atoms with van der Waals surface area (Å²) in [6, 6.07) is 8.69. The van der Waals surface area contributed by atoms with Crippen molar-refractivity contribution in [2.24, 2.45) is 0 Å². The highest BCUT2D eigenvalue weighted by Gasteiger charge is 2.16. The second-order valence-corrected chi connectivity index (χ2v) is 4.84.